The summed E-state index contributed by atoms with van der Waals surface area (Å²) in [5.74, 6) is -3.38. The Hall–Kier alpha value is -1.66. The number of carboxylic acid groups (broad SMARTS) is 1. The van der Waals surface area contributed by atoms with E-state index in [-0.39, 0.29) is 16.8 Å². The summed E-state index contributed by atoms with van der Waals surface area (Å²) in [7, 11) is 0. The monoisotopic (exact) mass is 320 g/mol. The van der Waals surface area contributed by atoms with Gasteiger partial charge in [0.2, 0.25) is 5.78 Å². The Morgan fingerprint density at radius 2 is 2.00 bits per heavy atom. The molecule has 5 nitrogen and oxygen atoms in total. The average molecular weight is 321 g/mol. The molecule has 0 saturated carbocycles. The third-order valence-corrected chi connectivity index (χ3v) is 2.72. The molecule has 8 heteroatoms. The number of nitrogens with one attached hydrogen (secondary N) is 1. The van der Waals surface area contributed by atoms with Crippen molar-refractivity contribution in [2.24, 2.45) is 0 Å². The summed E-state index contributed by atoms with van der Waals surface area (Å²) in [6, 6.07) is 0.680. The van der Waals surface area contributed by atoms with E-state index in [0.717, 1.165) is 12.3 Å². The molecule has 108 valence electrons. The molecule has 1 aromatic rings. The molecule has 0 unspecified atom stereocenters. The highest BCUT2D eigenvalue weighted by atomic mass is 35.5. The number of halogens is 3. The molecule has 0 radical (unpaired) electrons. The highest BCUT2D eigenvalue weighted by Gasteiger charge is 2.23. The SMILES string of the molecule is CC(C)N/C=C(\C(=O)O)C(=O)c1cc(F)c(Cl)nc1Cl. The highest BCUT2D eigenvalue weighted by Crippen LogP contribution is 2.22. The number of hydrogen-bond donors (Lipinski definition) is 2. The molecule has 0 spiro atoms. The van der Waals surface area contributed by atoms with Crippen LogP contribution in [0.15, 0.2) is 17.8 Å². The predicted molar refractivity (Wildman–Crippen MR) is 72.5 cm³/mol. The van der Waals surface area contributed by atoms with Crippen LogP contribution in [0.1, 0.15) is 24.2 Å². The highest BCUT2D eigenvalue weighted by molar-refractivity contribution is 6.37. The Balaban J connectivity index is 3.23. The van der Waals surface area contributed by atoms with Gasteiger partial charge >= 0.3 is 5.97 Å². The maximum absolute atomic E-state index is 13.3. The molecule has 1 aromatic heterocycles. The van der Waals surface area contributed by atoms with Crippen LogP contribution in [0.4, 0.5) is 4.39 Å². The van der Waals surface area contributed by atoms with E-state index < -0.39 is 28.3 Å². The normalized spacial score (nSPS) is 11.6. The van der Waals surface area contributed by atoms with Gasteiger partial charge in [0.1, 0.15) is 10.7 Å². The van der Waals surface area contributed by atoms with Gasteiger partial charge < -0.3 is 10.4 Å². The van der Waals surface area contributed by atoms with E-state index in [1.54, 1.807) is 13.8 Å². The number of aromatic nitrogens is 1. The van der Waals surface area contributed by atoms with E-state index in [2.05, 4.69) is 10.3 Å². The van der Waals surface area contributed by atoms with Crippen molar-refractivity contribution in [3.8, 4) is 0 Å². The van der Waals surface area contributed by atoms with Crippen LogP contribution in [0, 0.1) is 5.82 Å². The molecule has 0 aliphatic carbocycles. The van der Waals surface area contributed by atoms with Crippen molar-refractivity contribution in [2.75, 3.05) is 0 Å². The summed E-state index contributed by atoms with van der Waals surface area (Å²) in [5.41, 5.74) is -0.947. The van der Waals surface area contributed by atoms with Gasteiger partial charge in [-0.1, -0.05) is 23.2 Å². The molecule has 0 aromatic carbocycles. The number of carbonyl (C=O) groups excluding carboxylic acids is 1. The molecule has 0 bridgehead atoms. The quantitative estimate of drug-likeness (QED) is 0.287. The lowest BCUT2D eigenvalue weighted by molar-refractivity contribution is -0.132. The van der Waals surface area contributed by atoms with Crippen LogP contribution in [0.5, 0.6) is 0 Å². The average Bonchev–Trinajstić information content (AvgIpc) is 2.32. The van der Waals surface area contributed by atoms with Gasteiger partial charge in [-0.3, -0.25) is 4.79 Å². The molecule has 20 heavy (non-hydrogen) atoms. The first-order valence-electron chi connectivity index (χ1n) is 5.49. The number of nitrogens with zero attached hydrogens (tertiary/aromatic N) is 1. The minimum absolute atomic E-state index is 0.0762. The molecular weight excluding hydrogens is 310 g/mol. The number of pyridine rings is 1. The molecular formula is C12H11Cl2FN2O3. The largest absolute Gasteiger partial charge is 0.477 e. The van der Waals surface area contributed by atoms with Gasteiger partial charge in [-0.15, -0.1) is 0 Å². The van der Waals surface area contributed by atoms with Crippen molar-refractivity contribution in [3.05, 3.63) is 39.5 Å². The topological polar surface area (TPSA) is 79.3 Å². The molecule has 0 atom stereocenters. The van der Waals surface area contributed by atoms with Crippen LogP contribution in [0.2, 0.25) is 10.3 Å². The van der Waals surface area contributed by atoms with Gasteiger partial charge in [-0.2, -0.15) is 0 Å². The minimum atomic E-state index is -1.46. The van der Waals surface area contributed by atoms with E-state index in [0.29, 0.717) is 0 Å². The van der Waals surface area contributed by atoms with Gasteiger partial charge in [-0.25, -0.2) is 14.2 Å². The zero-order chi connectivity index (χ0) is 15.4. The second-order valence-electron chi connectivity index (χ2n) is 4.11. The lowest BCUT2D eigenvalue weighted by atomic mass is 10.1. The fourth-order valence-corrected chi connectivity index (χ4v) is 1.63. The fourth-order valence-electron chi connectivity index (χ4n) is 1.22. The van der Waals surface area contributed by atoms with Crippen molar-refractivity contribution in [2.45, 2.75) is 19.9 Å². The summed E-state index contributed by atoms with van der Waals surface area (Å²) in [4.78, 5) is 26.6. The zero-order valence-corrected chi connectivity index (χ0v) is 12.1. The van der Waals surface area contributed by atoms with Crippen molar-refractivity contribution in [1.29, 1.82) is 0 Å². The minimum Gasteiger partial charge on any atom is -0.477 e. The van der Waals surface area contributed by atoms with Gasteiger partial charge in [-0.05, 0) is 19.9 Å². The Morgan fingerprint density at radius 3 is 2.50 bits per heavy atom. The Labute approximate surface area is 124 Å². The Kier molecular flexibility index (Phi) is 5.47. The first-order chi connectivity index (χ1) is 9.23. The summed E-state index contributed by atoms with van der Waals surface area (Å²) in [6.45, 7) is 3.52. The molecule has 0 saturated heterocycles. The third kappa shape index (κ3) is 3.91. The second-order valence-corrected chi connectivity index (χ2v) is 4.83. The molecule has 0 aliphatic heterocycles. The van der Waals surface area contributed by atoms with Crippen LogP contribution in [-0.2, 0) is 4.79 Å². The standard InChI is InChI=1S/C12H11Cl2FN2O3/c1-5(2)16-4-7(12(19)20)9(18)6-3-8(15)11(14)17-10(6)13/h3-5,16H,1-2H3,(H,19,20)/b7-4-. The summed E-state index contributed by atoms with van der Waals surface area (Å²) in [5, 5.41) is 10.8. The Bertz CT molecular complexity index is 588. The molecule has 0 aliphatic rings. The van der Waals surface area contributed by atoms with Gasteiger partial charge in [0.25, 0.3) is 0 Å². The van der Waals surface area contributed by atoms with Crippen LogP contribution < -0.4 is 5.32 Å². The number of ketones is 1. The number of Topliss-reactive ketones (excluding diaryl/α,β-unsaturated/α-hetero) is 1. The van der Waals surface area contributed by atoms with Crippen molar-refractivity contribution < 1.29 is 19.1 Å². The lowest BCUT2D eigenvalue weighted by Crippen LogP contribution is -2.22. The first-order valence-corrected chi connectivity index (χ1v) is 6.25. The van der Waals surface area contributed by atoms with Crippen LogP contribution in [0.3, 0.4) is 0 Å². The summed E-state index contributed by atoms with van der Waals surface area (Å²) >= 11 is 11.1. The van der Waals surface area contributed by atoms with Crippen LogP contribution >= 0.6 is 23.2 Å². The number of carboxylic acids is 1. The van der Waals surface area contributed by atoms with Crippen LogP contribution in [-0.4, -0.2) is 27.9 Å². The molecule has 1 heterocycles. The summed E-state index contributed by atoms with van der Waals surface area (Å²) < 4.78 is 13.3. The van der Waals surface area contributed by atoms with E-state index in [1.165, 1.54) is 0 Å². The summed E-state index contributed by atoms with van der Waals surface area (Å²) in [6.07, 6.45) is 1.04. The number of aliphatic carboxylic acids is 1. The number of rotatable bonds is 5. The van der Waals surface area contributed by atoms with E-state index >= 15 is 0 Å². The van der Waals surface area contributed by atoms with Gasteiger partial charge in [0.05, 0.1) is 5.56 Å². The first kappa shape index (κ1) is 16.4. The predicted octanol–water partition coefficient (Wildman–Crippen LogP) is 2.68. The molecule has 1 rings (SSSR count). The zero-order valence-electron chi connectivity index (χ0n) is 10.6. The molecule has 0 amide bonds. The maximum atomic E-state index is 13.3. The lowest BCUT2D eigenvalue weighted by Gasteiger charge is -2.08. The van der Waals surface area contributed by atoms with Crippen molar-refractivity contribution in [3.63, 3.8) is 0 Å². The second kappa shape index (κ2) is 6.67. The van der Waals surface area contributed by atoms with Gasteiger partial charge in [0, 0.05) is 12.2 Å². The number of hydrogen-bond acceptors (Lipinski definition) is 4. The van der Waals surface area contributed by atoms with E-state index in [1.807, 2.05) is 0 Å². The molecule has 0 fully saturated rings. The van der Waals surface area contributed by atoms with Crippen molar-refractivity contribution in [1.82, 2.24) is 10.3 Å². The smallest absolute Gasteiger partial charge is 0.341 e. The van der Waals surface area contributed by atoms with Crippen LogP contribution in [0.25, 0.3) is 0 Å². The van der Waals surface area contributed by atoms with Crippen molar-refractivity contribution >= 4 is 35.0 Å². The van der Waals surface area contributed by atoms with Gasteiger partial charge in [0.15, 0.2) is 11.0 Å². The number of carbonyl (C=O) groups is 2. The fraction of sp³-hybridized carbons (Fsp3) is 0.250. The maximum Gasteiger partial charge on any atom is 0.341 e. The Morgan fingerprint density at radius 1 is 1.40 bits per heavy atom. The third-order valence-electron chi connectivity index (χ3n) is 2.17. The van der Waals surface area contributed by atoms with E-state index in [9.17, 15) is 14.0 Å². The van der Waals surface area contributed by atoms with E-state index in [4.69, 9.17) is 28.3 Å². The molecule has 2 N–H and O–H groups in total.